The van der Waals surface area contributed by atoms with Gasteiger partial charge in [0.1, 0.15) is 0 Å². The van der Waals surface area contributed by atoms with Gasteiger partial charge in [-0.2, -0.15) is 17.0 Å². The third-order valence-electron chi connectivity index (χ3n) is 4.66. The Morgan fingerprint density at radius 2 is 1.96 bits per heavy atom. The summed E-state index contributed by atoms with van der Waals surface area (Å²) in [5.74, 6) is 1.29. The van der Waals surface area contributed by atoms with Gasteiger partial charge in [0.2, 0.25) is 0 Å². The Morgan fingerprint density at radius 3 is 2.57 bits per heavy atom. The zero-order valence-electron chi connectivity index (χ0n) is 13.9. The fraction of sp³-hybridized carbons (Fsp3) is 0.800. The number of hydrogen-bond acceptors (Lipinski definition) is 5. The zero-order chi connectivity index (χ0) is 16.4. The molecular weight excluding hydrogens is 316 g/mol. The lowest BCUT2D eigenvalue weighted by Gasteiger charge is -2.38. The molecule has 7 nitrogen and oxygen atoms in total. The molecule has 0 amide bonds. The minimum Gasteiger partial charge on any atom is -0.360 e. The minimum atomic E-state index is -3.31. The number of aryl methyl sites for hydroxylation is 1. The monoisotopic (exact) mass is 342 g/mol. The fourth-order valence-corrected chi connectivity index (χ4v) is 5.10. The second kappa shape index (κ2) is 6.88. The number of aromatic nitrogens is 1. The van der Waals surface area contributed by atoms with Gasteiger partial charge in [-0.1, -0.05) is 12.1 Å². The van der Waals surface area contributed by atoms with Crippen molar-refractivity contribution in [2.24, 2.45) is 5.92 Å². The number of piperazine rings is 1. The average molecular weight is 342 g/mol. The number of piperidine rings is 1. The molecule has 3 heterocycles. The summed E-state index contributed by atoms with van der Waals surface area (Å²) in [7, 11) is -3.31. The lowest BCUT2D eigenvalue weighted by Crippen LogP contribution is -2.54. The van der Waals surface area contributed by atoms with E-state index >= 15 is 0 Å². The molecule has 0 saturated carbocycles. The van der Waals surface area contributed by atoms with Crippen LogP contribution in [0, 0.1) is 12.8 Å². The molecule has 1 atom stereocenters. The molecule has 2 saturated heterocycles. The lowest BCUT2D eigenvalue weighted by molar-refractivity contribution is 0.157. The van der Waals surface area contributed by atoms with Crippen LogP contribution in [-0.2, 0) is 16.8 Å². The van der Waals surface area contributed by atoms with Crippen molar-refractivity contribution in [3.8, 4) is 0 Å². The minimum absolute atomic E-state index is 0.453. The lowest BCUT2D eigenvalue weighted by atomic mass is 10.0. The van der Waals surface area contributed by atoms with Crippen molar-refractivity contribution in [3.63, 3.8) is 0 Å². The maximum Gasteiger partial charge on any atom is 0.282 e. The average Bonchev–Trinajstić information content (AvgIpc) is 2.93. The Labute approximate surface area is 138 Å². The molecule has 1 aromatic heterocycles. The Kier molecular flexibility index (Phi) is 5.05. The largest absolute Gasteiger partial charge is 0.360 e. The predicted molar refractivity (Wildman–Crippen MR) is 87.0 cm³/mol. The van der Waals surface area contributed by atoms with Gasteiger partial charge in [-0.05, 0) is 25.7 Å². The van der Waals surface area contributed by atoms with E-state index < -0.39 is 10.2 Å². The van der Waals surface area contributed by atoms with Crippen LogP contribution in [0.1, 0.15) is 31.2 Å². The zero-order valence-corrected chi connectivity index (χ0v) is 14.8. The van der Waals surface area contributed by atoms with Crippen molar-refractivity contribution in [2.75, 3.05) is 39.3 Å². The molecule has 1 aromatic rings. The van der Waals surface area contributed by atoms with E-state index in [0.29, 0.717) is 38.6 Å². The number of hydrogen-bond donors (Lipinski definition) is 0. The van der Waals surface area contributed by atoms with E-state index in [4.69, 9.17) is 4.52 Å². The van der Waals surface area contributed by atoms with Gasteiger partial charge >= 0.3 is 0 Å². The van der Waals surface area contributed by atoms with Crippen LogP contribution in [0.5, 0.6) is 0 Å². The van der Waals surface area contributed by atoms with Gasteiger partial charge < -0.3 is 4.52 Å². The van der Waals surface area contributed by atoms with Crippen LogP contribution in [0.15, 0.2) is 10.6 Å². The molecule has 130 valence electrons. The molecule has 3 rings (SSSR count). The van der Waals surface area contributed by atoms with Gasteiger partial charge in [0.25, 0.3) is 10.2 Å². The molecule has 0 aromatic carbocycles. The van der Waals surface area contributed by atoms with Crippen LogP contribution in [0.4, 0.5) is 0 Å². The molecule has 0 radical (unpaired) electrons. The van der Waals surface area contributed by atoms with Gasteiger partial charge in [-0.25, -0.2) is 0 Å². The molecule has 0 aliphatic carbocycles. The van der Waals surface area contributed by atoms with Crippen LogP contribution in [0.3, 0.4) is 0 Å². The van der Waals surface area contributed by atoms with Crippen molar-refractivity contribution in [2.45, 2.75) is 33.2 Å². The molecule has 0 unspecified atom stereocenters. The first-order valence-corrected chi connectivity index (χ1v) is 9.74. The summed E-state index contributed by atoms with van der Waals surface area (Å²) in [5, 5.41) is 3.89. The topological polar surface area (TPSA) is 69.9 Å². The maximum atomic E-state index is 12.8. The summed E-state index contributed by atoms with van der Waals surface area (Å²) >= 11 is 0. The van der Waals surface area contributed by atoms with Gasteiger partial charge in [0, 0.05) is 45.3 Å². The first-order chi connectivity index (χ1) is 10.9. The van der Waals surface area contributed by atoms with E-state index in [9.17, 15) is 8.42 Å². The summed E-state index contributed by atoms with van der Waals surface area (Å²) in [6.07, 6.45) is 2.08. The third-order valence-corrected chi connectivity index (χ3v) is 6.66. The normalized spacial score (nSPS) is 25.7. The Hall–Kier alpha value is -0.960. The molecule has 2 fully saturated rings. The highest BCUT2D eigenvalue weighted by Gasteiger charge is 2.34. The highest BCUT2D eigenvalue weighted by molar-refractivity contribution is 7.86. The number of rotatable bonds is 4. The van der Waals surface area contributed by atoms with Crippen molar-refractivity contribution in [1.82, 2.24) is 18.7 Å². The van der Waals surface area contributed by atoms with Crippen molar-refractivity contribution >= 4 is 10.2 Å². The standard InChI is InChI=1S/C15H26N4O3S/c1-13-4-3-5-19(11-13)23(20,21)18-8-6-17(7-9-18)12-15-10-14(2)16-22-15/h10,13H,3-9,11-12H2,1-2H3/t13-/m1/s1. The van der Waals surface area contributed by atoms with E-state index in [2.05, 4.69) is 17.0 Å². The second-order valence-electron chi connectivity index (χ2n) is 6.72. The fourth-order valence-electron chi connectivity index (χ4n) is 3.35. The van der Waals surface area contributed by atoms with E-state index in [1.807, 2.05) is 13.0 Å². The quantitative estimate of drug-likeness (QED) is 0.819. The van der Waals surface area contributed by atoms with Crippen LogP contribution in [0.25, 0.3) is 0 Å². The first kappa shape index (κ1) is 16.9. The molecule has 8 heteroatoms. The summed E-state index contributed by atoms with van der Waals surface area (Å²) in [6.45, 7) is 8.56. The van der Waals surface area contributed by atoms with E-state index in [-0.39, 0.29) is 0 Å². The first-order valence-electron chi connectivity index (χ1n) is 8.35. The van der Waals surface area contributed by atoms with Crippen LogP contribution >= 0.6 is 0 Å². The Balaban J connectivity index is 1.55. The smallest absolute Gasteiger partial charge is 0.282 e. The van der Waals surface area contributed by atoms with Crippen molar-refractivity contribution in [3.05, 3.63) is 17.5 Å². The van der Waals surface area contributed by atoms with Crippen molar-refractivity contribution < 1.29 is 12.9 Å². The van der Waals surface area contributed by atoms with Crippen LogP contribution in [-0.4, -0.2) is 66.4 Å². The molecule has 0 bridgehead atoms. The summed E-state index contributed by atoms with van der Waals surface area (Å²) in [6, 6.07) is 1.93. The molecule has 2 aliphatic heterocycles. The van der Waals surface area contributed by atoms with Crippen molar-refractivity contribution in [1.29, 1.82) is 0 Å². The van der Waals surface area contributed by atoms with E-state index in [0.717, 1.165) is 37.4 Å². The summed E-state index contributed by atoms with van der Waals surface area (Å²) in [5.41, 5.74) is 0.875. The third kappa shape index (κ3) is 3.93. The predicted octanol–water partition coefficient (Wildman–Crippen LogP) is 1.08. The highest BCUT2D eigenvalue weighted by Crippen LogP contribution is 2.21. The van der Waals surface area contributed by atoms with Crippen LogP contribution in [0.2, 0.25) is 0 Å². The molecule has 23 heavy (non-hydrogen) atoms. The van der Waals surface area contributed by atoms with E-state index in [1.165, 1.54) is 0 Å². The summed E-state index contributed by atoms with van der Waals surface area (Å²) < 4.78 is 34.1. The second-order valence-corrected chi connectivity index (χ2v) is 8.65. The maximum absolute atomic E-state index is 12.8. The Bertz CT molecular complexity index is 622. The van der Waals surface area contributed by atoms with Gasteiger partial charge in [0.15, 0.2) is 5.76 Å². The van der Waals surface area contributed by atoms with E-state index in [1.54, 1.807) is 8.61 Å². The Morgan fingerprint density at radius 1 is 1.22 bits per heavy atom. The van der Waals surface area contributed by atoms with Gasteiger partial charge in [0.05, 0.1) is 12.2 Å². The molecule has 0 spiro atoms. The number of nitrogens with zero attached hydrogens (tertiary/aromatic N) is 4. The molecule has 0 N–H and O–H groups in total. The van der Waals surface area contributed by atoms with Gasteiger partial charge in [-0.3, -0.25) is 4.90 Å². The molecule has 2 aliphatic rings. The molecular formula is C15H26N4O3S. The van der Waals surface area contributed by atoms with Gasteiger partial charge in [-0.15, -0.1) is 0 Å². The summed E-state index contributed by atoms with van der Waals surface area (Å²) in [4.78, 5) is 2.21. The van der Waals surface area contributed by atoms with Crippen LogP contribution < -0.4 is 0 Å². The SMILES string of the molecule is Cc1cc(CN2CCN(S(=O)(=O)N3CCC[C@@H](C)C3)CC2)on1. The highest BCUT2D eigenvalue weighted by atomic mass is 32.2.